The summed E-state index contributed by atoms with van der Waals surface area (Å²) in [5, 5.41) is 2.95. The van der Waals surface area contributed by atoms with Crippen molar-refractivity contribution < 1.29 is 9.59 Å². The SMILES string of the molecule is Cc1cccc(CNC(=O)C2CCC(=O)N(C3CC3)C2)n1. The molecule has 5 heteroatoms. The van der Waals surface area contributed by atoms with Gasteiger partial charge in [-0.25, -0.2) is 0 Å². The molecule has 0 bridgehead atoms. The number of aryl methyl sites for hydroxylation is 1. The second kappa shape index (κ2) is 5.84. The van der Waals surface area contributed by atoms with Gasteiger partial charge in [-0.05, 0) is 38.3 Å². The summed E-state index contributed by atoms with van der Waals surface area (Å²) in [6, 6.07) is 6.18. The molecule has 1 saturated heterocycles. The third kappa shape index (κ3) is 3.40. The fraction of sp³-hybridized carbons (Fsp3) is 0.562. The Morgan fingerprint density at radius 3 is 2.90 bits per heavy atom. The number of carbonyl (C=O) groups is 2. The molecule has 1 aromatic rings. The Labute approximate surface area is 124 Å². The molecule has 0 spiro atoms. The van der Waals surface area contributed by atoms with Crippen LogP contribution in [0.1, 0.15) is 37.1 Å². The molecule has 1 aromatic heterocycles. The monoisotopic (exact) mass is 287 g/mol. The predicted molar refractivity (Wildman–Crippen MR) is 78.3 cm³/mol. The molecule has 2 fully saturated rings. The van der Waals surface area contributed by atoms with Crippen LogP contribution in [0.3, 0.4) is 0 Å². The van der Waals surface area contributed by atoms with Gasteiger partial charge in [-0.3, -0.25) is 14.6 Å². The summed E-state index contributed by atoms with van der Waals surface area (Å²) < 4.78 is 0. The Kier molecular flexibility index (Phi) is 3.90. The fourth-order valence-corrected chi connectivity index (χ4v) is 2.84. The van der Waals surface area contributed by atoms with Gasteiger partial charge in [0.1, 0.15) is 0 Å². The molecule has 112 valence electrons. The van der Waals surface area contributed by atoms with Crippen LogP contribution in [0.5, 0.6) is 0 Å². The van der Waals surface area contributed by atoms with Gasteiger partial charge in [0, 0.05) is 24.7 Å². The maximum Gasteiger partial charge on any atom is 0.225 e. The third-order valence-corrected chi connectivity index (χ3v) is 4.19. The first kappa shape index (κ1) is 14.0. The van der Waals surface area contributed by atoms with E-state index in [1.165, 1.54) is 0 Å². The first-order valence-electron chi connectivity index (χ1n) is 7.63. The van der Waals surface area contributed by atoms with E-state index in [0.29, 0.717) is 32.0 Å². The summed E-state index contributed by atoms with van der Waals surface area (Å²) in [7, 11) is 0. The van der Waals surface area contributed by atoms with Crippen LogP contribution >= 0.6 is 0 Å². The van der Waals surface area contributed by atoms with Gasteiger partial charge >= 0.3 is 0 Å². The van der Waals surface area contributed by atoms with Crippen molar-refractivity contribution in [3.8, 4) is 0 Å². The van der Waals surface area contributed by atoms with Crippen molar-refractivity contribution in [1.29, 1.82) is 0 Å². The average Bonchev–Trinajstić information content (AvgIpc) is 3.30. The summed E-state index contributed by atoms with van der Waals surface area (Å²) in [5.74, 6) is 0.173. The number of amides is 2. The van der Waals surface area contributed by atoms with Crippen LogP contribution in [-0.4, -0.2) is 34.3 Å². The molecule has 1 N–H and O–H groups in total. The Morgan fingerprint density at radius 1 is 1.38 bits per heavy atom. The number of piperidine rings is 1. The number of pyridine rings is 1. The smallest absolute Gasteiger partial charge is 0.225 e. The van der Waals surface area contributed by atoms with E-state index in [0.717, 1.165) is 24.2 Å². The van der Waals surface area contributed by atoms with Gasteiger partial charge in [-0.1, -0.05) is 6.07 Å². The number of rotatable bonds is 4. The lowest BCUT2D eigenvalue weighted by Crippen LogP contribution is -2.46. The number of likely N-dealkylation sites (tertiary alicyclic amines) is 1. The molecule has 1 saturated carbocycles. The van der Waals surface area contributed by atoms with E-state index in [9.17, 15) is 9.59 Å². The molecule has 5 nitrogen and oxygen atoms in total. The minimum absolute atomic E-state index is 0.0384. The topological polar surface area (TPSA) is 62.3 Å². The Balaban J connectivity index is 1.54. The van der Waals surface area contributed by atoms with Crippen LogP contribution in [0.15, 0.2) is 18.2 Å². The van der Waals surface area contributed by atoms with Gasteiger partial charge in [0.05, 0.1) is 18.2 Å². The predicted octanol–water partition coefficient (Wildman–Crippen LogP) is 1.41. The summed E-state index contributed by atoms with van der Waals surface area (Å²) in [6.45, 7) is 2.97. The highest BCUT2D eigenvalue weighted by molar-refractivity contribution is 5.84. The summed E-state index contributed by atoms with van der Waals surface area (Å²) in [6.07, 6.45) is 3.34. The number of carbonyl (C=O) groups excluding carboxylic acids is 2. The second-order valence-electron chi connectivity index (χ2n) is 6.00. The Hall–Kier alpha value is -1.91. The molecule has 1 unspecified atom stereocenters. The van der Waals surface area contributed by atoms with Crippen molar-refractivity contribution in [3.05, 3.63) is 29.6 Å². The number of nitrogens with zero attached hydrogens (tertiary/aromatic N) is 2. The van der Waals surface area contributed by atoms with Crippen LogP contribution in [0, 0.1) is 12.8 Å². The molecule has 1 aliphatic carbocycles. The zero-order valence-corrected chi connectivity index (χ0v) is 12.3. The molecule has 21 heavy (non-hydrogen) atoms. The van der Waals surface area contributed by atoms with E-state index in [-0.39, 0.29) is 17.7 Å². The normalized spacial score (nSPS) is 22.2. The van der Waals surface area contributed by atoms with E-state index < -0.39 is 0 Å². The molecule has 0 aromatic carbocycles. The van der Waals surface area contributed by atoms with Gasteiger partial charge in [0.2, 0.25) is 11.8 Å². The third-order valence-electron chi connectivity index (χ3n) is 4.19. The standard InChI is InChI=1S/C16H21N3O2/c1-11-3-2-4-13(18-11)9-17-16(21)12-5-8-15(20)19(10-12)14-6-7-14/h2-4,12,14H,5-10H2,1H3,(H,17,21). The van der Waals surface area contributed by atoms with E-state index in [1.807, 2.05) is 30.0 Å². The number of hydrogen-bond donors (Lipinski definition) is 1. The van der Waals surface area contributed by atoms with Gasteiger partial charge in [-0.15, -0.1) is 0 Å². The van der Waals surface area contributed by atoms with Crippen molar-refractivity contribution in [3.63, 3.8) is 0 Å². The molecule has 2 amide bonds. The fourth-order valence-electron chi connectivity index (χ4n) is 2.84. The number of hydrogen-bond acceptors (Lipinski definition) is 3. The van der Waals surface area contributed by atoms with E-state index in [2.05, 4.69) is 10.3 Å². The molecule has 2 aliphatic rings. The van der Waals surface area contributed by atoms with Gasteiger partial charge < -0.3 is 10.2 Å². The second-order valence-corrected chi connectivity index (χ2v) is 6.00. The van der Waals surface area contributed by atoms with Crippen molar-refractivity contribution in [2.24, 2.45) is 5.92 Å². The van der Waals surface area contributed by atoms with E-state index in [1.54, 1.807) is 0 Å². The Morgan fingerprint density at radius 2 is 2.19 bits per heavy atom. The molecular formula is C16H21N3O2. The summed E-state index contributed by atoms with van der Waals surface area (Å²) in [4.78, 5) is 30.4. The molecule has 2 heterocycles. The first-order chi connectivity index (χ1) is 10.1. The van der Waals surface area contributed by atoms with E-state index in [4.69, 9.17) is 0 Å². The average molecular weight is 287 g/mol. The zero-order valence-electron chi connectivity index (χ0n) is 12.3. The van der Waals surface area contributed by atoms with Crippen LogP contribution in [0.4, 0.5) is 0 Å². The lowest BCUT2D eigenvalue weighted by molar-refractivity contribution is -0.138. The van der Waals surface area contributed by atoms with Gasteiger partial charge in [0.25, 0.3) is 0 Å². The molecule has 0 radical (unpaired) electrons. The largest absolute Gasteiger partial charge is 0.350 e. The highest BCUT2D eigenvalue weighted by Gasteiger charge is 2.38. The zero-order chi connectivity index (χ0) is 14.8. The van der Waals surface area contributed by atoms with Crippen LogP contribution in [0.2, 0.25) is 0 Å². The minimum Gasteiger partial charge on any atom is -0.350 e. The Bertz CT molecular complexity index is 554. The summed E-state index contributed by atoms with van der Waals surface area (Å²) >= 11 is 0. The van der Waals surface area contributed by atoms with Crippen LogP contribution in [0.25, 0.3) is 0 Å². The maximum atomic E-state index is 12.3. The summed E-state index contributed by atoms with van der Waals surface area (Å²) in [5.41, 5.74) is 1.82. The van der Waals surface area contributed by atoms with Crippen molar-refractivity contribution in [2.45, 2.75) is 45.2 Å². The number of aromatic nitrogens is 1. The molecular weight excluding hydrogens is 266 g/mol. The van der Waals surface area contributed by atoms with Gasteiger partial charge in [0.15, 0.2) is 0 Å². The van der Waals surface area contributed by atoms with Crippen LogP contribution < -0.4 is 5.32 Å². The van der Waals surface area contributed by atoms with Crippen molar-refractivity contribution >= 4 is 11.8 Å². The first-order valence-corrected chi connectivity index (χ1v) is 7.63. The quantitative estimate of drug-likeness (QED) is 0.910. The van der Waals surface area contributed by atoms with E-state index >= 15 is 0 Å². The molecule has 3 rings (SSSR count). The highest BCUT2D eigenvalue weighted by atomic mass is 16.2. The molecule has 1 atom stereocenters. The molecule has 1 aliphatic heterocycles. The highest BCUT2D eigenvalue weighted by Crippen LogP contribution is 2.31. The lowest BCUT2D eigenvalue weighted by Gasteiger charge is -2.32. The van der Waals surface area contributed by atoms with Gasteiger partial charge in [-0.2, -0.15) is 0 Å². The number of nitrogens with one attached hydrogen (secondary N) is 1. The van der Waals surface area contributed by atoms with Crippen molar-refractivity contribution in [2.75, 3.05) is 6.54 Å². The van der Waals surface area contributed by atoms with Crippen LogP contribution in [-0.2, 0) is 16.1 Å². The van der Waals surface area contributed by atoms with Crippen molar-refractivity contribution in [1.82, 2.24) is 15.2 Å². The lowest BCUT2D eigenvalue weighted by atomic mass is 9.96. The minimum atomic E-state index is -0.0758. The maximum absolute atomic E-state index is 12.3.